The van der Waals surface area contributed by atoms with E-state index in [0.29, 0.717) is 12.1 Å². The second kappa shape index (κ2) is 6.16. The van der Waals surface area contributed by atoms with Crippen LogP contribution in [-0.2, 0) is 12.8 Å². The Morgan fingerprint density at radius 2 is 2.25 bits per heavy atom. The lowest BCUT2D eigenvalue weighted by molar-refractivity contribution is 0.0705. The summed E-state index contributed by atoms with van der Waals surface area (Å²) in [4.78, 5) is 35.6. The molecule has 24 heavy (non-hydrogen) atoms. The molecular weight excluding hydrogens is 322 g/mol. The van der Waals surface area contributed by atoms with Gasteiger partial charge in [-0.25, -0.2) is 4.98 Å². The van der Waals surface area contributed by atoms with E-state index in [1.54, 1.807) is 11.3 Å². The summed E-state index contributed by atoms with van der Waals surface area (Å²) in [6.07, 6.45) is 6.82. The van der Waals surface area contributed by atoms with Crippen LogP contribution >= 0.6 is 11.3 Å². The monoisotopic (exact) mass is 343 g/mol. The largest absolute Gasteiger partial charge is 0.338 e. The van der Waals surface area contributed by atoms with Gasteiger partial charge in [-0.05, 0) is 50.7 Å². The van der Waals surface area contributed by atoms with Crippen LogP contribution in [0, 0.1) is 6.92 Å². The molecule has 2 aromatic rings. The van der Waals surface area contributed by atoms with E-state index in [1.165, 1.54) is 4.88 Å². The number of amides is 1. The number of carbonyl (C=O) groups is 1. The van der Waals surface area contributed by atoms with Crippen LogP contribution in [0.25, 0.3) is 0 Å². The van der Waals surface area contributed by atoms with Crippen LogP contribution < -0.4 is 5.56 Å². The number of aromatic nitrogens is 2. The number of likely N-dealkylation sites (tertiary alicyclic amines) is 1. The van der Waals surface area contributed by atoms with Crippen molar-refractivity contribution in [1.29, 1.82) is 0 Å². The third kappa shape index (κ3) is 2.79. The normalized spacial score (nSPS) is 20.2. The smallest absolute Gasteiger partial charge is 0.261 e. The van der Waals surface area contributed by atoms with E-state index in [2.05, 4.69) is 16.9 Å². The van der Waals surface area contributed by atoms with Gasteiger partial charge in [-0.2, -0.15) is 0 Å². The van der Waals surface area contributed by atoms with Crippen molar-refractivity contribution in [1.82, 2.24) is 14.9 Å². The molecular formula is C18H21N3O2S. The first-order chi connectivity index (χ1) is 11.6. The summed E-state index contributed by atoms with van der Waals surface area (Å²) in [7, 11) is 0. The van der Waals surface area contributed by atoms with Crippen LogP contribution in [0.4, 0.5) is 0 Å². The molecule has 1 fully saturated rings. The van der Waals surface area contributed by atoms with Crippen molar-refractivity contribution >= 4 is 17.2 Å². The van der Waals surface area contributed by atoms with Crippen molar-refractivity contribution in [3.63, 3.8) is 0 Å². The Kier molecular flexibility index (Phi) is 4.00. The summed E-state index contributed by atoms with van der Waals surface area (Å²) in [5.74, 6) is 0.152. The number of hydrogen-bond donors (Lipinski definition) is 1. The van der Waals surface area contributed by atoms with Crippen molar-refractivity contribution in [2.24, 2.45) is 0 Å². The first-order valence-corrected chi connectivity index (χ1v) is 9.40. The van der Waals surface area contributed by atoms with E-state index in [-0.39, 0.29) is 17.4 Å². The van der Waals surface area contributed by atoms with Crippen LogP contribution in [0.1, 0.15) is 56.7 Å². The minimum atomic E-state index is -0.243. The highest BCUT2D eigenvalue weighted by molar-refractivity contribution is 7.11. The van der Waals surface area contributed by atoms with Crippen LogP contribution in [0.5, 0.6) is 0 Å². The molecule has 2 aliphatic rings. The molecule has 5 nitrogen and oxygen atoms in total. The van der Waals surface area contributed by atoms with Gasteiger partial charge in [0, 0.05) is 35.8 Å². The van der Waals surface area contributed by atoms with E-state index < -0.39 is 0 Å². The fourth-order valence-electron chi connectivity index (χ4n) is 3.77. The van der Waals surface area contributed by atoms with E-state index >= 15 is 0 Å². The number of thiazole rings is 1. The lowest BCUT2D eigenvalue weighted by Gasteiger charge is -2.31. The van der Waals surface area contributed by atoms with Gasteiger partial charge in [-0.3, -0.25) is 9.59 Å². The first kappa shape index (κ1) is 15.6. The SMILES string of the molecule is Cc1cnc([C@H]2CCCN(C(=O)c3cc4c([nH]c3=O)CCC4)C2)s1. The fraction of sp³-hybridized carbons (Fsp3) is 0.500. The zero-order valence-corrected chi connectivity index (χ0v) is 14.6. The van der Waals surface area contributed by atoms with E-state index in [4.69, 9.17) is 0 Å². The molecule has 1 atom stereocenters. The van der Waals surface area contributed by atoms with E-state index in [1.807, 2.05) is 17.2 Å². The lowest BCUT2D eigenvalue weighted by Crippen LogP contribution is -2.41. The minimum absolute atomic E-state index is 0.135. The summed E-state index contributed by atoms with van der Waals surface area (Å²) >= 11 is 1.71. The number of piperidine rings is 1. The highest BCUT2D eigenvalue weighted by Gasteiger charge is 2.29. The number of H-pyrrole nitrogens is 1. The van der Waals surface area contributed by atoms with Crippen LogP contribution in [0.3, 0.4) is 0 Å². The molecule has 1 aliphatic carbocycles. The Balaban J connectivity index is 1.57. The third-order valence-corrected chi connectivity index (χ3v) is 6.09. The molecule has 1 aliphatic heterocycles. The molecule has 1 N–H and O–H groups in total. The van der Waals surface area contributed by atoms with Crippen molar-refractivity contribution in [2.45, 2.75) is 44.9 Å². The Morgan fingerprint density at radius 1 is 1.38 bits per heavy atom. The number of aryl methyl sites for hydroxylation is 3. The molecule has 0 bridgehead atoms. The fourth-order valence-corrected chi connectivity index (χ4v) is 4.67. The topological polar surface area (TPSA) is 66.1 Å². The van der Waals surface area contributed by atoms with Gasteiger partial charge in [-0.15, -0.1) is 11.3 Å². The second-order valence-electron chi connectivity index (χ2n) is 6.77. The van der Waals surface area contributed by atoms with E-state index in [9.17, 15) is 9.59 Å². The van der Waals surface area contributed by atoms with Crippen molar-refractivity contribution < 1.29 is 4.79 Å². The van der Waals surface area contributed by atoms with Gasteiger partial charge in [-0.1, -0.05) is 0 Å². The van der Waals surface area contributed by atoms with Gasteiger partial charge in [0.15, 0.2) is 0 Å². The van der Waals surface area contributed by atoms with Gasteiger partial charge < -0.3 is 9.88 Å². The number of rotatable bonds is 2. The van der Waals surface area contributed by atoms with Crippen molar-refractivity contribution in [3.8, 4) is 0 Å². The minimum Gasteiger partial charge on any atom is -0.338 e. The van der Waals surface area contributed by atoms with Gasteiger partial charge >= 0.3 is 0 Å². The summed E-state index contributed by atoms with van der Waals surface area (Å²) in [6.45, 7) is 3.43. The maximum absolute atomic E-state index is 12.9. The Morgan fingerprint density at radius 3 is 3.04 bits per heavy atom. The molecule has 1 amide bonds. The average molecular weight is 343 g/mol. The molecule has 2 aromatic heterocycles. The number of carbonyl (C=O) groups excluding carboxylic acids is 1. The van der Waals surface area contributed by atoms with E-state index in [0.717, 1.165) is 54.9 Å². The Labute approximate surface area is 144 Å². The number of nitrogens with one attached hydrogen (secondary N) is 1. The molecule has 0 radical (unpaired) electrons. The maximum Gasteiger partial charge on any atom is 0.261 e. The van der Waals surface area contributed by atoms with Gasteiger partial charge in [0.2, 0.25) is 0 Å². The lowest BCUT2D eigenvalue weighted by atomic mass is 9.98. The molecule has 6 heteroatoms. The summed E-state index contributed by atoms with van der Waals surface area (Å²) < 4.78 is 0. The van der Waals surface area contributed by atoms with Crippen LogP contribution in [0.2, 0.25) is 0 Å². The summed E-state index contributed by atoms with van der Waals surface area (Å²) in [6, 6.07) is 1.82. The summed E-state index contributed by atoms with van der Waals surface area (Å²) in [5, 5.41) is 1.10. The number of aromatic amines is 1. The zero-order chi connectivity index (χ0) is 16.7. The second-order valence-corrected chi connectivity index (χ2v) is 8.04. The molecule has 0 aromatic carbocycles. The van der Waals surface area contributed by atoms with Crippen molar-refractivity contribution in [3.05, 3.63) is 49.3 Å². The third-order valence-electron chi connectivity index (χ3n) is 5.02. The van der Waals surface area contributed by atoms with Gasteiger partial charge in [0.1, 0.15) is 5.56 Å². The quantitative estimate of drug-likeness (QED) is 0.911. The molecule has 0 spiro atoms. The van der Waals surface area contributed by atoms with Crippen LogP contribution in [0.15, 0.2) is 17.1 Å². The predicted molar refractivity (Wildman–Crippen MR) is 93.8 cm³/mol. The standard InChI is InChI=1S/C18H21N3O2S/c1-11-9-19-17(24-11)13-5-3-7-21(10-13)18(23)14-8-12-4-2-6-15(12)20-16(14)22/h8-9,13H,2-7,10H2,1H3,(H,20,22)/t13-/m0/s1. The Hall–Kier alpha value is -1.95. The highest BCUT2D eigenvalue weighted by Crippen LogP contribution is 2.30. The average Bonchev–Trinajstić information content (AvgIpc) is 3.22. The first-order valence-electron chi connectivity index (χ1n) is 8.58. The molecule has 3 heterocycles. The molecule has 0 unspecified atom stereocenters. The molecule has 4 rings (SSSR count). The summed E-state index contributed by atoms with van der Waals surface area (Å²) in [5.41, 5.74) is 2.19. The molecule has 1 saturated heterocycles. The Bertz CT molecular complexity index is 839. The van der Waals surface area contributed by atoms with Crippen LogP contribution in [-0.4, -0.2) is 33.9 Å². The number of fused-ring (bicyclic) bond motifs is 1. The maximum atomic E-state index is 12.9. The number of nitrogens with zero attached hydrogens (tertiary/aromatic N) is 2. The zero-order valence-electron chi connectivity index (χ0n) is 13.8. The predicted octanol–water partition coefficient (Wildman–Crippen LogP) is 2.65. The molecule has 0 saturated carbocycles. The van der Waals surface area contributed by atoms with Gasteiger partial charge in [0.05, 0.1) is 5.01 Å². The molecule has 126 valence electrons. The number of pyridine rings is 1. The van der Waals surface area contributed by atoms with Crippen molar-refractivity contribution in [2.75, 3.05) is 13.1 Å². The van der Waals surface area contributed by atoms with Gasteiger partial charge in [0.25, 0.3) is 11.5 Å². The highest BCUT2D eigenvalue weighted by atomic mass is 32.1. The number of hydrogen-bond acceptors (Lipinski definition) is 4.